The van der Waals surface area contributed by atoms with Crippen LogP contribution < -0.4 is 9.80 Å². The molecule has 1 aromatic heterocycles. The number of hydrogen-bond acceptors (Lipinski definition) is 7. The molecule has 2 aliphatic heterocycles. The zero-order valence-electron chi connectivity index (χ0n) is 12.6. The number of hydrogen-bond donors (Lipinski definition) is 0. The zero-order chi connectivity index (χ0) is 15.4. The van der Waals surface area contributed by atoms with Gasteiger partial charge in [0.15, 0.2) is 0 Å². The first-order chi connectivity index (χ1) is 10.8. The minimum atomic E-state index is -0.342. The van der Waals surface area contributed by atoms with Crippen LogP contribution in [0.2, 0.25) is 0 Å². The Hall–Kier alpha value is -1.96. The van der Waals surface area contributed by atoms with Crippen LogP contribution in [0.4, 0.5) is 17.3 Å². The van der Waals surface area contributed by atoms with Gasteiger partial charge < -0.3 is 14.5 Å². The van der Waals surface area contributed by atoms with Crippen molar-refractivity contribution >= 4 is 17.3 Å². The minimum Gasteiger partial charge on any atom is -0.378 e. The van der Waals surface area contributed by atoms with E-state index in [1.165, 1.54) is 19.2 Å². The third-order valence-corrected chi connectivity index (χ3v) is 4.18. The van der Waals surface area contributed by atoms with E-state index in [-0.39, 0.29) is 10.6 Å². The molecule has 120 valence electrons. The second-order valence-electron chi connectivity index (χ2n) is 5.63. The van der Waals surface area contributed by atoms with Gasteiger partial charge in [0, 0.05) is 26.2 Å². The van der Waals surface area contributed by atoms with Gasteiger partial charge in [0.25, 0.3) is 0 Å². The number of nitrogens with zero attached hydrogens (tertiary/aromatic N) is 5. The average Bonchev–Trinajstić information content (AvgIpc) is 2.84. The molecule has 0 radical (unpaired) electrons. The highest BCUT2D eigenvalue weighted by molar-refractivity contribution is 5.71. The van der Waals surface area contributed by atoms with E-state index in [4.69, 9.17) is 4.74 Å². The van der Waals surface area contributed by atoms with E-state index in [0.29, 0.717) is 37.9 Å². The summed E-state index contributed by atoms with van der Waals surface area (Å²) in [6.45, 7) is 4.02. The second kappa shape index (κ2) is 6.87. The molecule has 3 rings (SSSR count). The number of aromatic nitrogens is 2. The van der Waals surface area contributed by atoms with Gasteiger partial charge in [-0.15, -0.1) is 0 Å². The van der Waals surface area contributed by atoms with Gasteiger partial charge in [0.2, 0.25) is 11.6 Å². The van der Waals surface area contributed by atoms with E-state index in [0.717, 1.165) is 25.9 Å². The molecule has 2 saturated heterocycles. The Labute approximate surface area is 129 Å². The topological polar surface area (TPSA) is 84.6 Å². The van der Waals surface area contributed by atoms with E-state index in [2.05, 4.69) is 9.97 Å². The highest BCUT2D eigenvalue weighted by Gasteiger charge is 2.30. The lowest BCUT2D eigenvalue weighted by Gasteiger charge is -2.28. The van der Waals surface area contributed by atoms with Gasteiger partial charge in [0.1, 0.15) is 6.33 Å². The zero-order valence-corrected chi connectivity index (χ0v) is 12.6. The number of morpholine rings is 1. The second-order valence-corrected chi connectivity index (χ2v) is 5.63. The van der Waals surface area contributed by atoms with Crippen LogP contribution in [0.5, 0.6) is 0 Å². The lowest BCUT2D eigenvalue weighted by molar-refractivity contribution is -0.383. The Morgan fingerprint density at radius 1 is 0.955 bits per heavy atom. The molecule has 0 aliphatic carbocycles. The Kier molecular flexibility index (Phi) is 4.67. The molecule has 3 heterocycles. The van der Waals surface area contributed by atoms with E-state index in [1.54, 1.807) is 0 Å². The maximum atomic E-state index is 11.7. The fraction of sp³-hybridized carbons (Fsp3) is 0.714. The molecule has 8 heteroatoms. The monoisotopic (exact) mass is 307 g/mol. The van der Waals surface area contributed by atoms with Crippen LogP contribution in [0.15, 0.2) is 6.33 Å². The predicted molar refractivity (Wildman–Crippen MR) is 82.4 cm³/mol. The van der Waals surface area contributed by atoms with E-state index < -0.39 is 0 Å². The summed E-state index contributed by atoms with van der Waals surface area (Å²) in [7, 11) is 0. The van der Waals surface area contributed by atoms with Crippen LogP contribution in [-0.4, -0.2) is 54.3 Å². The summed E-state index contributed by atoms with van der Waals surface area (Å²) in [6, 6.07) is 0. The van der Waals surface area contributed by atoms with E-state index >= 15 is 0 Å². The first kappa shape index (κ1) is 15.0. The molecule has 0 unspecified atom stereocenters. The first-order valence-electron chi connectivity index (χ1n) is 7.84. The fourth-order valence-corrected chi connectivity index (χ4v) is 3.04. The summed E-state index contributed by atoms with van der Waals surface area (Å²) in [6.07, 6.45) is 5.89. The summed E-state index contributed by atoms with van der Waals surface area (Å²) in [4.78, 5) is 23.7. The molecule has 2 aliphatic rings. The molecule has 0 saturated carbocycles. The molecule has 0 N–H and O–H groups in total. The largest absolute Gasteiger partial charge is 0.378 e. The molecule has 2 fully saturated rings. The maximum absolute atomic E-state index is 11.7. The van der Waals surface area contributed by atoms with Crippen molar-refractivity contribution in [3.05, 3.63) is 16.4 Å². The smallest absolute Gasteiger partial charge is 0.353 e. The summed E-state index contributed by atoms with van der Waals surface area (Å²) in [5.74, 6) is 0.880. The van der Waals surface area contributed by atoms with Crippen molar-refractivity contribution in [1.82, 2.24) is 9.97 Å². The van der Waals surface area contributed by atoms with Crippen LogP contribution in [-0.2, 0) is 4.74 Å². The van der Waals surface area contributed by atoms with Crippen molar-refractivity contribution in [3.63, 3.8) is 0 Å². The van der Waals surface area contributed by atoms with E-state index in [1.807, 2.05) is 9.80 Å². The summed E-state index contributed by atoms with van der Waals surface area (Å²) < 4.78 is 5.32. The minimum absolute atomic E-state index is 0.0336. The van der Waals surface area contributed by atoms with Crippen LogP contribution in [0.25, 0.3) is 0 Å². The Morgan fingerprint density at radius 3 is 2.05 bits per heavy atom. The van der Waals surface area contributed by atoms with Gasteiger partial charge in [-0.3, -0.25) is 10.1 Å². The van der Waals surface area contributed by atoms with Gasteiger partial charge in [-0.1, -0.05) is 12.8 Å². The highest BCUT2D eigenvalue weighted by Crippen LogP contribution is 2.35. The van der Waals surface area contributed by atoms with Gasteiger partial charge in [-0.25, -0.2) is 9.97 Å². The predicted octanol–water partition coefficient (Wildman–Crippen LogP) is 1.60. The van der Waals surface area contributed by atoms with Gasteiger partial charge in [0.05, 0.1) is 18.1 Å². The standard InChI is InChI=1S/C14H21N5O3/c20-19(21)12-13(17-5-3-1-2-4-6-17)15-11-16-14(12)18-7-9-22-10-8-18/h11H,1-10H2. The lowest BCUT2D eigenvalue weighted by atomic mass is 10.2. The molecular weight excluding hydrogens is 286 g/mol. The van der Waals surface area contributed by atoms with Crippen molar-refractivity contribution in [2.24, 2.45) is 0 Å². The van der Waals surface area contributed by atoms with Crippen molar-refractivity contribution in [1.29, 1.82) is 0 Å². The normalized spacial score (nSPS) is 19.8. The Morgan fingerprint density at radius 2 is 1.50 bits per heavy atom. The summed E-state index contributed by atoms with van der Waals surface area (Å²) >= 11 is 0. The molecule has 1 aromatic rings. The van der Waals surface area contributed by atoms with Crippen molar-refractivity contribution in [2.45, 2.75) is 25.7 Å². The first-order valence-corrected chi connectivity index (χ1v) is 7.84. The third kappa shape index (κ3) is 3.11. The Bertz CT molecular complexity index is 525. The van der Waals surface area contributed by atoms with Crippen LogP contribution >= 0.6 is 0 Å². The Balaban J connectivity index is 1.96. The number of nitro groups is 1. The lowest BCUT2D eigenvalue weighted by Crippen LogP contribution is -2.37. The summed E-state index contributed by atoms with van der Waals surface area (Å²) in [5, 5.41) is 11.7. The summed E-state index contributed by atoms with van der Waals surface area (Å²) in [5.41, 5.74) is 0.0336. The highest BCUT2D eigenvalue weighted by atomic mass is 16.6. The SMILES string of the molecule is O=[N+]([O-])c1c(N2CCCCCC2)ncnc1N1CCOCC1. The van der Waals surface area contributed by atoms with Crippen molar-refractivity contribution in [3.8, 4) is 0 Å². The van der Waals surface area contributed by atoms with Crippen LogP contribution in [0.1, 0.15) is 25.7 Å². The molecule has 0 amide bonds. The average molecular weight is 307 g/mol. The van der Waals surface area contributed by atoms with Crippen LogP contribution in [0.3, 0.4) is 0 Å². The maximum Gasteiger partial charge on any atom is 0.353 e. The van der Waals surface area contributed by atoms with Crippen molar-refractivity contribution < 1.29 is 9.66 Å². The van der Waals surface area contributed by atoms with Gasteiger partial charge >= 0.3 is 5.69 Å². The van der Waals surface area contributed by atoms with Gasteiger partial charge in [-0.2, -0.15) is 0 Å². The van der Waals surface area contributed by atoms with E-state index in [9.17, 15) is 10.1 Å². The molecular formula is C14H21N5O3. The van der Waals surface area contributed by atoms with Crippen molar-refractivity contribution in [2.75, 3.05) is 49.2 Å². The molecule has 22 heavy (non-hydrogen) atoms. The quantitative estimate of drug-likeness (QED) is 0.619. The number of anilines is 2. The molecule has 0 spiro atoms. The number of ether oxygens (including phenoxy) is 1. The molecule has 0 atom stereocenters. The molecule has 8 nitrogen and oxygen atoms in total. The molecule has 0 bridgehead atoms. The molecule has 0 aromatic carbocycles. The fourth-order valence-electron chi connectivity index (χ4n) is 3.04. The third-order valence-electron chi connectivity index (χ3n) is 4.18. The van der Waals surface area contributed by atoms with Gasteiger partial charge in [-0.05, 0) is 12.8 Å². The number of rotatable bonds is 3. The van der Waals surface area contributed by atoms with Crippen LogP contribution in [0, 0.1) is 10.1 Å².